The average Bonchev–Trinajstić information content (AvgIpc) is 2.66. The topological polar surface area (TPSA) is 61.9 Å². The van der Waals surface area contributed by atoms with E-state index >= 15 is 0 Å². The second-order valence-electron chi connectivity index (χ2n) is 5.68. The van der Waals surface area contributed by atoms with Crippen LogP contribution in [0.3, 0.4) is 0 Å². The van der Waals surface area contributed by atoms with Crippen molar-refractivity contribution in [3.63, 3.8) is 0 Å². The van der Waals surface area contributed by atoms with E-state index in [2.05, 4.69) is 10.2 Å². The molecule has 2 saturated heterocycles. The van der Waals surface area contributed by atoms with Gasteiger partial charge in [-0.3, -0.25) is 9.69 Å². The van der Waals surface area contributed by atoms with Crippen LogP contribution in [0.1, 0.15) is 32.1 Å². The van der Waals surface area contributed by atoms with Crippen molar-refractivity contribution < 1.29 is 14.3 Å². The van der Waals surface area contributed by atoms with E-state index < -0.39 is 5.54 Å². The zero-order valence-corrected chi connectivity index (χ0v) is 11.2. The summed E-state index contributed by atoms with van der Waals surface area (Å²) < 4.78 is 5.28. The summed E-state index contributed by atoms with van der Waals surface area (Å²) in [7, 11) is 0. The minimum Gasteiger partial charge on any atom is -0.379 e. The lowest BCUT2D eigenvalue weighted by Crippen LogP contribution is -2.50. The molecule has 0 aromatic heterocycles. The second kappa shape index (κ2) is 5.09. The molecular formula is C13H21N3O3. The van der Waals surface area contributed by atoms with Crippen LogP contribution in [0.5, 0.6) is 0 Å². The van der Waals surface area contributed by atoms with E-state index in [1.54, 1.807) is 0 Å². The van der Waals surface area contributed by atoms with E-state index in [4.69, 9.17) is 4.74 Å². The van der Waals surface area contributed by atoms with E-state index in [1.165, 1.54) is 4.90 Å². The maximum atomic E-state index is 12.6. The van der Waals surface area contributed by atoms with Gasteiger partial charge < -0.3 is 10.1 Å². The fourth-order valence-corrected chi connectivity index (χ4v) is 3.24. The van der Waals surface area contributed by atoms with Crippen LogP contribution in [0, 0.1) is 0 Å². The normalized spacial score (nSPS) is 27.9. The van der Waals surface area contributed by atoms with Crippen LogP contribution in [0.2, 0.25) is 0 Å². The number of hydrogen-bond acceptors (Lipinski definition) is 4. The lowest BCUT2D eigenvalue weighted by molar-refractivity contribution is -0.134. The number of rotatable bonds is 2. The number of carbonyl (C=O) groups excluding carboxylic acids is 2. The Labute approximate surface area is 113 Å². The maximum Gasteiger partial charge on any atom is 0.326 e. The maximum absolute atomic E-state index is 12.6. The number of amides is 3. The number of morpholine rings is 1. The van der Waals surface area contributed by atoms with Gasteiger partial charge in [-0.1, -0.05) is 19.3 Å². The minimum absolute atomic E-state index is 0.0244. The van der Waals surface area contributed by atoms with Gasteiger partial charge in [-0.2, -0.15) is 0 Å². The van der Waals surface area contributed by atoms with Gasteiger partial charge in [0.1, 0.15) is 5.54 Å². The monoisotopic (exact) mass is 267 g/mol. The number of nitrogens with one attached hydrogen (secondary N) is 1. The average molecular weight is 267 g/mol. The first kappa shape index (κ1) is 12.9. The number of urea groups is 1. The molecule has 1 saturated carbocycles. The summed E-state index contributed by atoms with van der Waals surface area (Å²) in [5.74, 6) is -0.0244. The molecule has 0 atom stereocenters. The van der Waals surface area contributed by atoms with Crippen molar-refractivity contribution in [1.29, 1.82) is 0 Å². The van der Waals surface area contributed by atoms with Gasteiger partial charge in [0.05, 0.1) is 19.9 Å². The fraction of sp³-hybridized carbons (Fsp3) is 0.846. The smallest absolute Gasteiger partial charge is 0.326 e. The van der Waals surface area contributed by atoms with Crippen LogP contribution in [0.4, 0.5) is 4.79 Å². The predicted molar refractivity (Wildman–Crippen MR) is 68.5 cm³/mol. The molecule has 1 N–H and O–H groups in total. The van der Waals surface area contributed by atoms with E-state index in [1.807, 2.05) is 0 Å². The van der Waals surface area contributed by atoms with E-state index in [9.17, 15) is 9.59 Å². The van der Waals surface area contributed by atoms with Gasteiger partial charge in [0.2, 0.25) is 0 Å². The van der Waals surface area contributed by atoms with Gasteiger partial charge in [-0.05, 0) is 12.8 Å². The lowest BCUT2D eigenvalue weighted by Gasteiger charge is -2.32. The van der Waals surface area contributed by atoms with Crippen LogP contribution in [0.25, 0.3) is 0 Å². The molecule has 0 aromatic carbocycles. The summed E-state index contributed by atoms with van der Waals surface area (Å²) in [6, 6.07) is -0.224. The Kier molecular flexibility index (Phi) is 3.45. The lowest BCUT2D eigenvalue weighted by atomic mass is 9.82. The van der Waals surface area contributed by atoms with Gasteiger partial charge in [0.15, 0.2) is 0 Å². The Hall–Kier alpha value is -1.14. The highest BCUT2D eigenvalue weighted by Crippen LogP contribution is 2.33. The van der Waals surface area contributed by atoms with Crippen molar-refractivity contribution in [3.05, 3.63) is 0 Å². The van der Waals surface area contributed by atoms with Crippen LogP contribution >= 0.6 is 0 Å². The Morgan fingerprint density at radius 3 is 2.47 bits per heavy atom. The van der Waals surface area contributed by atoms with Crippen molar-refractivity contribution >= 4 is 11.9 Å². The van der Waals surface area contributed by atoms with Crippen LogP contribution < -0.4 is 5.32 Å². The molecule has 6 heteroatoms. The van der Waals surface area contributed by atoms with Crippen molar-refractivity contribution in [2.45, 2.75) is 37.6 Å². The molecule has 3 fully saturated rings. The number of ether oxygens (including phenoxy) is 1. The first-order valence-electron chi connectivity index (χ1n) is 7.15. The van der Waals surface area contributed by atoms with Gasteiger partial charge in [-0.15, -0.1) is 0 Å². The molecule has 0 bridgehead atoms. The van der Waals surface area contributed by atoms with Crippen molar-refractivity contribution in [2.24, 2.45) is 0 Å². The highest BCUT2D eigenvalue weighted by molar-refractivity contribution is 6.07. The largest absolute Gasteiger partial charge is 0.379 e. The van der Waals surface area contributed by atoms with E-state index in [-0.39, 0.29) is 11.9 Å². The summed E-state index contributed by atoms with van der Waals surface area (Å²) >= 11 is 0. The molecule has 6 nitrogen and oxygen atoms in total. The molecule has 1 spiro atoms. The SMILES string of the molecule is O=C1NC2(CCCCC2)C(=O)N1CN1CCOCC1. The Bertz CT molecular complexity index is 373. The highest BCUT2D eigenvalue weighted by atomic mass is 16.5. The molecule has 0 unspecified atom stereocenters. The molecule has 0 aromatic rings. The highest BCUT2D eigenvalue weighted by Gasteiger charge is 2.51. The standard InChI is InChI=1S/C13H21N3O3/c17-11-13(4-2-1-3-5-13)14-12(18)16(11)10-15-6-8-19-9-7-15/h1-10H2,(H,14,18). The first-order valence-corrected chi connectivity index (χ1v) is 7.15. The molecular weight excluding hydrogens is 246 g/mol. The molecule has 106 valence electrons. The number of imide groups is 1. The summed E-state index contributed by atoms with van der Waals surface area (Å²) in [5.41, 5.74) is -0.596. The number of hydrogen-bond donors (Lipinski definition) is 1. The second-order valence-corrected chi connectivity index (χ2v) is 5.68. The van der Waals surface area contributed by atoms with Crippen molar-refractivity contribution in [1.82, 2.24) is 15.1 Å². The Morgan fingerprint density at radius 2 is 1.79 bits per heavy atom. The Balaban J connectivity index is 1.68. The summed E-state index contributed by atoms with van der Waals surface area (Å²) in [5, 5.41) is 2.94. The molecule has 19 heavy (non-hydrogen) atoms. The molecule has 1 aliphatic carbocycles. The minimum atomic E-state index is -0.596. The predicted octanol–water partition coefficient (Wildman–Crippen LogP) is 0.531. The summed E-state index contributed by atoms with van der Waals surface area (Å²) in [6.07, 6.45) is 4.79. The van der Waals surface area contributed by atoms with E-state index in [0.29, 0.717) is 19.9 Å². The molecule has 3 amide bonds. The summed E-state index contributed by atoms with van der Waals surface area (Å²) in [4.78, 5) is 28.1. The molecule has 3 aliphatic rings. The molecule has 2 heterocycles. The number of carbonyl (C=O) groups is 2. The van der Waals surface area contributed by atoms with Crippen LogP contribution in [0.15, 0.2) is 0 Å². The van der Waals surface area contributed by atoms with Crippen LogP contribution in [-0.4, -0.2) is 60.2 Å². The molecule has 3 rings (SSSR count). The zero-order chi connectivity index (χ0) is 13.3. The Morgan fingerprint density at radius 1 is 1.11 bits per heavy atom. The third-order valence-corrected chi connectivity index (χ3v) is 4.40. The van der Waals surface area contributed by atoms with Gasteiger partial charge in [-0.25, -0.2) is 9.69 Å². The van der Waals surface area contributed by atoms with Crippen LogP contribution in [-0.2, 0) is 9.53 Å². The fourth-order valence-electron chi connectivity index (χ4n) is 3.24. The molecule has 0 radical (unpaired) electrons. The molecule has 2 aliphatic heterocycles. The third-order valence-electron chi connectivity index (χ3n) is 4.40. The van der Waals surface area contributed by atoms with Gasteiger partial charge >= 0.3 is 6.03 Å². The zero-order valence-electron chi connectivity index (χ0n) is 11.2. The first-order chi connectivity index (χ1) is 9.21. The summed E-state index contributed by atoms with van der Waals surface area (Å²) in [6.45, 7) is 3.31. The van der Waals surface area contributed by atoms with E-state index in [0.717, 1.165) is 45.2 Å². The van der Waals surface area contributed by atoms with Crippen molar-refractivity contribution in [2.75, 3.05) is 33.0 Å². The number of nitrogens with zero attached hydrogens (tertiary/aromatic N) is 2. The van der Waals surface area contributed by atoms with Crippen molar-refractivity contribution in [3.8, 4) is 0 Å². The quantitative estimate of drug-likeness (QED) is 0.741. The van der Waals surface area contributed by atoms with Gasteiger partial charge in [0.25, 0.3) is 5.91 Å². The third kappa shape index (κ3) is 2.34. The van der Waals surface area contributed by atoms with Gasteiger partial charge in [0, 0.05) is 13.1 Å².